The Morgan fingerprint density at radius 1 is 1.17 bits per heavy atom. The van der Waals surface area contributed by atoms with Gasteiger partial charge >= 0.3 is 5.69 Å². The number of amides is 1. The van der Waals surface area contributed by atoms with Gasteiger partial charge in [-0.1, -0.05) is 26.0 Å². The molecule has 0 unspecified atom stereocenters. The molecule has 1 aliphatic rings. The highest BCUT2D eigenvalue weighted by Crippen LogP contribution is 2.35. The average molecular weight is 426 g/mol. The maximum absolute atomic E-state index is 13.4. The summed E-state index contributed by atoms with van der Waals surface area (Å²) in [4.78, 5) is 41.3. The molecule has 1 N–H and O–H groups in total. The number of carbonyl (C=O) groups excluding carboxylic acids is 1. The summed E-state index contributed by atoms with van der Waals surface area (Å²) in [5, 5.41) is 3.53. The van der Waals surface area contributed by atoms with Crippen molar-refractivity contribution in [2.24, 2.45) is 0 Å². The summed E-state index contributed by atoms with van der Waals surface area (Å²) in [6, 6.07) is 7.52. The Morgan fingerprint density at radius 2 is 1.90 bits per heavy atom. The first-order valence-electron chi connectivity index (χ1n) is 10.6. The van der Waals surface area contributed by atoms with Gasteiger partial charge in [-0.25, -0.2) is 9.36 Å². The van der Waals surface area contributed by atoms with Gasteiger partial charge in [-0.3, -0.25) is 14.2 Å². The van der Waals surface area contributed by atoms with Crippen molar-refractivity contribution in [3.05, 3.63) is 61.1 Å². The number of nitrogens with zero attached hydrogens (tertiary/aromatic N) is 2. The van der Waals surface area contributed by atoms with Gasteiger partial charge < -0.3 is 5.32 Å². The maximum Gasteiger partial charge on any atom is 0.337 e. The van der Waals surface area contributed by atoms with Gasteiger partial charge in [-0.15, -0.1) is 11.3 Å². The highest BCUT2D eigenvalue weighted by molar-refractivity contribution is 7.19. The number of carbonyl (C=O) groups is 1. The van der Waals surface area contributed by atoms with Crippen LogP contribution < -0.4 is 16.6 Å². The average Bonchev–Trinajstić information content (AvgIpc) is 3.33. The van der Waals surface area contributed by atoms with Crippen LogP contribution in [0.25, 0.3) is 15.9 Å². The predicted molar refractivity (Wildman–Crippen MR) is 121 cm³/mol. The van der Waals surface area contributed by atoms with E-state index >= 15 is 0 Å². The van der Waals surface area contributed by atoms with Crippen molar-refractivity contribution in [3.63, 3.8) is 0 Å². The van der Waals surface area contributed by atoms with Crippen LogP contribution in [0.3, 0.4) is 0 Å². The van der Waals surface area contributed by atoms with Crippen LogP contribution in [0.2, 0.25) is 0 Å². The first kappa shape index (κ1) is 20.6. The molecule has 1 amide bonds. The highest BCUT2D eigenvalue weighted by Gasteiger charge is 2.26. The Kier molecular flexibility index (Phi) is 5.64. The van der Waals surface area contributed by atoms with Crippen molar-refractivity contribution in [3.8, 4) is 5.69 Å². The van der Waals surface area contributed by atoms with Crippen LogP contribution in [0.5, 0.6) is 0 Å². The molecular weight excluding hydrogens is 398 g/mol. The third kappa shape index (κ3) is 3.51. The molecule has 1 aliphatic carbocycles. The summed E-state index contributed by atoms with van der Waals surface area (Å²) in [7, 11) is 0. The van der Waals surface area contributed by atoms with Crippen molar-refractivity contribution < 1.29 is 4.79 Å². The molecule has 30 heavy (non-hydrogen) atoms. The Labute approximate surface area is 179 Å². The number of hydrogen-bond acceptors (Lipinski definition) is 4. The second-order valence-corrected chi connectivity index (χ2v) is 9.03. The predicted octanol–water partition coefficient (Wildman–Crippen LogP) is 3.18. The van der Waals surface area contributed by atoms with E-state index in [4.69, 9.17) is 0 Å². The van der Waals surface area contributed by atoms with E-state index in [9.17, 15) is 14.4 Å². The standard InChI is InChI=1S/C23H27N3O3S/c1-4-14(3)24-19(27)13-25-22-20(17-7-6-8-18(17)30-22)21(28)26(23(25)29)16-11-9-15(5-2)10-12-16/h9-12,14H,4-8,13H2,1-3H3,(H,24,27)/t14-/m0/s1. The summed E-state index contributed by atoms with van der Waals surface area (Å²) in [5.41, 5.74) is 1.99. The van der Waals surface area contributed by atoms with Crippen LogP contribution in [0, 0.1) is 0 Å². The number of thiophene rings is 1. The van der Waals surface area contributed by atoms with Crippen LogP contribution in [0.15, 0.2) is 33.9 Å². The van der Waals surface area contributed by atoms with Gasteiger partial charge in [0, 0.05) is 10.9 Å². The fourth-order valence-electron chi connectivity index (χ4n) is 4.02. The molecule has 0 radical (unpaired) electrons. The lowest BCUT2D eigenvalue weighted by atomic mass is 10.1. The van der Waals surface area contributed by atoms with Crippen LogP contribution in [0.1, 0.15) is 49.6 Å². The van der Waals surface area contributed by atoms with E-state index in [0.29, 0.717) is 15.9 Å². The van der Waals surface area contributed by atoms with E-state index in [1.165, 1.54) is 20.5 Å². The van der Waals surface area contributed by atoms with E-state index in [1.807, 2.05) is 38.1 Å². The first-order valence-corrected chi connectivity index (χ1v) is 11.4. The molecule has 0 aliphatic heterocycles. The molecule has 3 aromatic rings. The van der Waals surface area contributed by atoms with Gasteiger partial charge in [0.15, 0.2) is 0 Å². The second-order valence-electron chi connectivity index (χ2n) is 7.94. The topological polar surface area (TPSA) is 73.1 Å². The van der Waals surface area contributed by atoms with Crippen molar-refractivity contribution in [2.45, 2.75) is 65.5 Å². The molecule has 6 nitrogen and oxygen atoms in total. The lowest BCUT2D eigenvalue weighted by molar-refractivity contribution is -0.122. The van der Waals surface area contributed by atoms with E-state index < -0.39 is 5.69 Å². The zero-order valence-electron chi connectivity index (χ0n) is 17.7. The Bertz CT molecular complexity index is 1220. The number of hydrogen-bond donors (Lipinski definition) is 1. The molecule has 1 atom stereocenters. The number of fused-ring (bicyclic) bond motifs is 3. The largest absolute Gasteiger partial charge is 0.352 e. The second kappa shape index (κ2) is 8.22. The molecule has 0 saturated carbocycles. The van der Waals surface area contributed by atoms with Gasteiger partial charge in [-0.2, -0.15) is 0 Å². The Morgan fingerprint density at radius 3 is 2.57 bits per heavy atom. The monoisotopic (exact) mass is 425 g/mol. The molecular formula is C23H27N3O3S. The lowest BCUT2D eigenvalue weighted by Gasteiger charge is -2.15. The molecule has 1 aromatic carbocycles. The lowest BCUT2D eigenvalue weighted by Crippen LogP contribution is -2.42. The molecule has 0 bridgehead atoms. The fourth-order valence-corrected chi connectivity index (χ4v) is 5.39. The van der Waals surface area contributed by atoms with E-state index in [1.54, 1.807) is 0 Å². The molecule has 0 saturated heterocycles. The van der Waals surface area contributed by atoms with E-state index in [-0.39, 0.29) is 24.1 Å². The minimum Gasteiger partial charge on any atom is -0.352 e. The molecule has 4 rings (SSSR count). The summed E-state index contributed by atoms with van der Waals surface area (Å²) >= 11 is 1.49. The van der Waals surface area contributed by atoms with Crippen molar-refractivity contribution in [1.82, 2.24) is 14.5 Å². The van der Waals surface area contributed by atoms with Gasteiger partial charge in [0.25, 0.3) is 5.56 Å². The summed E-state index contributed by atoms with van der Waals surface area (Å²) in [5.74, 6) is -0.215. The molecule has 2 heterocycles. The third-order valence-electron chi connectivity index (χ3n) is 5.91. The van der Waals surface area contributed by atoms with Crippen molar-refractivity contribution >= 4 is 27.5 Å². The number of benzene rings is 1. The van der Waals surface area contributed by atoms with E-state index in [2.05, 4.69) is 12.2 Å². The van der Waals surface area contributed by atoms with Gasteiger partial charge in [-0.05, 0) is 62.3 Å². The number of rotatable bonds is 6. The first-order chi connectivity index (χ1) is 14.4. The van der Waals surface area contributed by atoms with Crippen LogP contribution in [-0.4, -0.2) is 21.1 Å². The summed E-state index contributed by atoms with van der Waals surface area (Å²) in [6.07, 6.45) is 4.48. The zero-order chi connectivity index (χ0) is 21.4. The SMILES string of the molecule is CCc1ccc(-n2c(=O)c3c4c(sc3n(CC(=O)N[C@@H](C)CC)c2=O)CCC4)cc1. The highest BCUT2D eigenvalue weighted by atomic mass is 32.1. The van der Waals surface area contributed by atoms with Crippen molar-refractivity contribution in [1.29, 1.82) is 0 Å². The Hall–Kier alpha value is -2.67. The minimum absolute atomic E-state index is 0.0320. The molecule has 2 aromatic heterocycles. The van der Waals surface area contributed by atoms with E-state index in [0.717, 1.165) is 48.1 Å². The summed E-state index contributed by atoms with van der Waals surface area (Å²) in [6.45, 7) is 5.91. The molecule has 7 heteroatoms. The van der Waals surface area contributed by atoms with Gasteiger partial charge in [0.05, 0.1) is 11.1 Å². The smallest absolute Gasteiger partial charge is 0.337 e. The number of nitrogens with one attached hydrogen (secondary N) is 1. The minimum atomic E-state index is -0.462. The quantitative estimate of drug-likeness (QED) is 0.659. The molecule has 158 valence electrons. The Balaban J connectivity index is 1.92. The molecule has 0 fully saturated rings. The van der Waals surface area contributed by atoms with Crippen LogP contribution in [-0.2, 0) is 30.6 Å². The zero-order valence-corrected chi connectivity index (χ0v) is 18.5. The van der Waals surface area contributed by atoms with Gasteiger partial charge in [0.2, 0.25) is 5.91 Å². The van der Waals surface area contributed by atoms with Crippen LogP contribution in [0.4, 0.5) is 0 Å². The number of aromatic nitrogens is 2. The van der Waals surface area contributed by atoms with Crippen LogP contribution >= 0.6 is 11.3 Å². The summed E-state index contributed by atoms with van der Waals surface area (Å²) < 4.78 is 2.70. The number of aryl methyl sites for hydroxylation is 3. The fraction of sp³-hybridized carbons (Fsp3) is 0.435. The normalized spacial score (nSPS) is 14.1. The molecule has 0 spiro atoms. The van der Waals surface area contributed by atoms with Gasteiger partial charge in [0.1, 0.15) is 11.4 Å². The third-order valence-corrected chi connectivity index (χ3v) is 7.23. The van der Waals surface area contributed by atoms with Crippen molar-refractivity contribution in [2.75, 3.05) is 0 Å². The maximum atomic E-state index is 13.4.